The summed E-state index contributed by atoms with van der Waals surface area (Å²) < 4.78 is 36.7. The Labute approximate surface area is 101 Å². The molecule has 0 heterocycles. The van der Waals surface area contributed by atoms with E-state index in [1.165, 1.54) is 0 Å². The monoisotopic (exact) mass is 272 g/mol. The topological polar surface area (TPSA) is 91.0 Å². The SMILES string of the molecule is N=C(NCCNC(=O)CCl)/C(=C\N)C(F)(F)F. The lowest BCUT2D eigenvalue weighted by atomic mass is 10.2. The smallest absolute Gasteiger partial charge is 0.404 e. The second-order valence-corrected chi connectivity index (χ2v) is 3.13. The van der Waals surface area contributed by atoms with Crippen molar-refractivity contribution in [2.75, 3.05) is 19.0 Å². The van der Waals surface area contributed by atoms with Gasteiger partial charge in [-0.05, 0) is 0 Å². The average Bonchev–Trinajstić information content (AvgIpc) is 2.22. The Balaban J connectivity index is 4.07. The van der Waals surface area contributed by atoms with Crippen LogP contribution in [0, 0.1) is 5.41 Å². The Hall–Kier alpha value is -1.44. The van der Waals surface area contributed by atoms with Gasteiger partial charge in [0, 0.05) is 19.3 Å². The molecule has 0 saturated carbocycles. The summed E-state index contributed by atoms with van der Waals surface area (Å²) in [5, 5.41) is 11.6. The zero-order chi connectivity index (χ0) is 13.5. The molecular formula is C8H12ClF3N4O. The summed E-state index contributed by atoms with van der Waals surface area (Å²) in [5.41, 5.74) is 3.52. The number of nitrogens with one attached hydrogen (secondary N) is 3. The zero-order valence-corrected chi connectivity index (χ0v) is 9.45. The second-order valence-electron chi connectivity index (χ2n) is 2.86. The van der Waals surface area contributed by atoms with Crippen molar-refractivity contribution in [2.45, 2.75) is 6.18 Å². The van der Waals surface area contributed by atoms with Gasteiger partial charge in [-0.3, -0.25) is 10.2 Å². The third-order valence-electron chi connectivity index (χ3n) is 1.61. The number of carbonyl (C=O) groups excluding carboxylic acids is 1. The van der Waals surface area contributed by atoms with E-state index in [0.29, 0.717) is 6.20 Å². The summed E-state index contributed by atoms with van der Waals surface area (Å²) in [6.07, 6.45) is -4.37. The van der Waals surface area contributed by atoms with Crippen LogP contribution < -0.4 is 16.4 Å². The molecule has 0 aromatic rings. The first-order chi connectivity index (χ1) is 7.82. The molecule has 0 saturated heterocycles. The highest BCUT2D eigenvalue weighted by molar-refractivity contribution is 6.27. The molecule has 0 radical (unpaired) electrons. The van der Waals surface area contributed by atoms with E-state index in [2.05, 4.69) is 10.6 Å². The molecule has 0 aliphatic carbocycles. The van der Waals surface area contributed by atoms with Gasteiger partial charge in [-0.25, -0.2) is 0 Å². The lowest BCUT2D eigenvalue weighted by molar-refractivity contribution is -0.118. The van der Waals surface area contributed by atoms with E-state index in [4.69, 9.17) is 22.7 Å². The van der Waals surface area contributed by atoms with Crippen molar-refractivity contribution in [3.05, 3.63) is 11.8 Å². The van der Waals surface area contributed by atoms with Crippen molar-refractivity contribution in [2.24, 2.45) is 5.73 Å². The summed E-state index contributed by atoms with van der Waals surface area (Å²) in [6.45, 7) is 0.0263. The van der Waals surface area contributed by atoms with Crippen LogP contribution >= 0.6 is 11.6 Å². The Morgan fingerprint density at radius 2 is 1.88 bits per heavy atom. The molecule has 98 valence electrons. The molecule has 0 aliphatic rings. The average molecular weight is 273 g/mol. The van der Waals surface area contributed by atoms with E-state index in [0.717, 1.165) is 0 Å². The highest BCUT2D eigenvalue weighted by Crippen LogP contribution is 2.24. The van der Waals surface area contributed by atoms with Crippen LogP contribution in [0.2, 0.25) is 0 Å². The number of halogens is 4. The van der Waals surface area contributed by atoms with Gasteiger partial charge in [0.05, 0.1) is 0 Å². The molecule has 0 unspecified atom stereocenters. The van der Waals surface area contributed by atoms with Crippen LogP contribution in [0.1, 0.15) is 0 Å². The molecule has 0 aromatic heterocycles. The van der Waals surface area contributed by atoms with Gasteiger partial charge in [0.1, 0.15) is 17.3 Å². The number of amidine groups is 1. The van der Waals surface area contributed by atoms with Gasteiger partial charge in [-0.15, -0.1) is 11.6 Å². The van der Waals surface area contributed by atoms with Crippen LogP contribution in [-0.4, -0.2) is 36.9 Å². The Morgan fingerprint density at radius 3 is 2.29 bits per heavy atom. The molecule has 0 atom stereocenters. The largest absolute Gasteiger partial charge is 0.421 e. The van der Waals surface area contributed by atoms with Crippen LogP contribution in [0.4, 0.5) is 13.2 Å². The number of nitrogens with two attached hydrogens (primary N) is 1. The zero-order valence-electron chi connectivity index (χ0n) is 8.70. The molecule has 0 bridgehead atoms. The predicted octanol–water partition coefficient (Wildman–Crippen LogP) is 0.313. The third-order valence-corrected chi connectivity index (χ3v) is 1.85. The van der Waals surface area contributed by atoms with E-state index in [-0.39, 0.29) is 19.0 Å². The molecule has 1 amide bonds. The molecule has 0 spiro atoms. The Morgan fingerprint density at radius 1 is 1.35 bits per heavy atom. The summed E-state index contributed by atoms with van der Waals surface area (Å²) in [5.74, 6) is -1.51. The van der Waals surface area contributed by atoms with Gasteiger partial charge in [-0.2, -0.15) is 13.2 Å². The van der Waals surface area contributed by atoms with Crippen LogP contribution in [0.25, 0.3) is 0 Å². The van der Waals surface area contributed by atoms with E-state index < -0.39 is 23.5 Å². The van der Waals surface area contributed by atoms with Gasteiger partial charge in [0.2, 0.25) is 5.91 Å². The quantitative estimate of drug-likeness (QED) is 0.251. The molecule has 0 rings (SSSR count). The number of alkyl halides is 4. The molecule has 0 fully saturated rings. The minimum Gasteiger partial charge on any atom is -0.404 e. The van der Waals surface area contributed by atoms with Gasteiger partial charge in [-0.1, -0.05) is 0 Å². The third kappa shape index (κ3) is 6.00. The maximum Gasteiger partial charge on any atom is 0.421 e. The molecule has 0 aromatic carbocycles. The lowest BCUT2D eigenvalue weighted by Crippen LogP contribution is -2.38. The van der Waals surface area contributed by atoms with Gasteiger partial charge < -0.3 is 16.4 Å². The lowest BCUT2D eigenvalue weighted by Gasteiger charge is -2.13. The van der Waals surface area contributed by atoms with Gasteiger partial charge in [0.25, 0.3) is 0 Å². The van der Waals surface area contributed by atoms with Crippen LogP contribution in [-0.2, 0) is 4.79 Å². The van der Waals surface area contributed by atoms with Crippen LogP contribution in [0.5, 0.6) is 0 Å². The molecule has 17 heavy (non-hydrogen) atoms. The molecule has 5 N–H and O–H groups in total. The fourth-order valence-electron chi connectivity index (χ4n) is 0.851. The van der Waals surface area contributed by atoms with Crippen molar-refractivity contribution < 1.29 is 18.0 Å². The molecule has 5 nitrogen and oxygen atoms in total. The number of amides is 1. The first-order valence-electron chi connectivity index (χ1n) is 4.47. The highest BCUT2D eigenvalue weighted by atomic mass is 35.5. The van der Waals surface area contributed by atoms with Crippen molar-refractivity contribution in [3.8, 4) is 0 Å². The van der Waals surface area contributed by atoms with E-state index in [9.17, 15) is 18.0 Å². The van der Waals surface area contributed by atoms with Crippen LogP contribution in [0.3, 0.4) is 0 Å². The summed E-state index contributed by atoms with van der Waals surface area (Å²) in [4.78, 5) is 10.7. The van der Waals surface area contributed by atoms with Crippen LogP contribution in [0.15, 0.2) is 11.8 Å². The van der Waals surface area contributed by atoms with Crippen molar-refractivity contribution in [1.82, 2.24) is 10.6 Å². The summed E-state index contributed by atoms with van der Waals surface area (Å²) in [6, 6.07) is 0. The second kappa shape index (κ2) is 7.00. The van der Waals surface area contributed by atoms with Crippen molar-refractivity contribution >= 4 is 23.3 Å². The minimum absolute atomic E-state index is 0.0329. The molecule has 0 aliphatic heterocycles. The maximum absolute atomic E-state index is 12.2. The minimum atomic E-state index is -4.68. The number of rotatable bonds is 5. The predicted molar refractivity (Wildman–Crippen MR) is 57.8 cm³/mol. The maximum atomic E-state index is 12.2. The Bertz CT molecular complexity index is 316. The fraction of sp³-hybridized carbons (Fsp3) is 0.500. The number of hydrogen-bond acceptors (Lipinski definition) is 3. The Kier molecular flexibility index (Phi) is 6.40. The van der Waals surface area contributed by atoms with E-state index >= 15 is 0 Å². The standard InChI is InChI=1S/C8H12ClF3N4O/c9-3-6(17)15-1-2-16-7(14)5(4-13)8(10,11)12/h4H,1-3,13H2,(H2,14,16)(H,15,17)/b5-4+. The molecular weight excluding hydrogens is 261 g/mol. The fourth-order valence-corrected chi connectivity index (χ4v) is 0.946. The number of hydrogen-bond donors (Lipinski definition) is 4. The van der Waals surface area contributed by atoms with Crippen molar-refractivity contribution in [3.63, 3.8) is 0 Å². The normalized spacial score (nSPS) is 12.1. The molecule has 9 heteroatoms. The van der Waals surface area contributed by atoms with E-state index in [1.54, 1.807) is 0 Å². The van der Waals surface area contributed by atoms with E-state index in [1.807, 2.05) is 0 Å². The first-order valence-corrected chi connectivity index (χ1v) is 5.01. The van der Waals surface area contributed by atoms with Gasteiger partial charge in [0.15, 0.2) is 0 Å². The van der Waals surface area contributed by atoms with Gasteiger partial charge >= 0.3 is 6.18 Å². The highest BCUT2D eigenvalue weighted by Gasteiger charge is 2.36. The first kappa shape index (κ1) is 15.6. The van der Waals surface area contributed by atoms with Crippen molar-refractivity contribution in [1.29, 1.82) is 5.41 Å². The summed E-state index contributed by atoms with van der Waals surface area (Å²) >= 11 is 5.18. The summed E-state index contributed by atoms with van der Waals surface area (Å²) in [7, 11) is 0. The number of carbonyl (C=O) groups is 1.